The fourth-order valence-electron chi connectivity index (χ4n) is 1.43. The van der Waals surface area contributed by atoms with Gasteiger partial charge in [-0.2, -0.15) is 31.3 Å². The molecular formula is C9H3ClF6N2OS. The molecule has 0 saturated heterocycles. The molecular weight excluding hydrogens is 334 g/mol. The van der Waals surface area contributed by atoms with Gasteiger partial charge >= 0.3 is 17.2 Å². The van der Waals surface area contributed by atoms with E-state index in [-0.39, 0.29) is 11.0 Å². The summed E-state index contributed by atoms with van der Waals surface area (Å²) in [4.78, 5) is 14.1. The van der Waals surface area contributed by atoms with E-state index in [1.165, 1.54) is 5.38 Å². The molecule has 0 aliphatic rings. The standard InChI is InChI=1S/C9H3ClF6N2OS/c10-9(15,16)8(13,14)7(11,12)4-3-5(19)17-6-18(4)1-2-20-6/h1-3H. The van der Waals surface area contributed by atoms with E-state index in [1.807, 2.05) is 0 Å². The summed E-state index contributed by atoms with van der Waals surface area (Å²) in [6.07, 6.45) is 0.901. The Hall–Kier alpha value is -1.29. The summed E-state index contributed by atoms with van der Waals surface area (Å²) in [5.41, 5.74) is -2.87. The first kappa shape index (κ1) is 15.1. The summed E-state index contributed by atoms with van der Waals surface area (Å²) in [6, 6.07) is 0.0657. The van der Waals surface area contributed by atoms with Gasteiger partial charge in [-0.1, -0.05) is 0 Å². The van der Waals surface area contributed by atoms with Crippen LogP contribution in [0.15, 0.2) is 22.4 Å². The van der Waals surface area contributed by atoms with E-state index in [0.717, 1.165) is 6.20 Å². The first-order valence-electron chi connectivity index (χ1n) is 4.78. The molecule has 0 aromatic carbocycles. The average molecular weight is 337 g/mol. The van der Waals surface area contributed by atoms with E-state index in [9.17, 15) is 31.1 Å². The van der Waals surface area contributed by atoms with Gasteiger partial charge in [0, 0.05) is 17.6 Å². The fourth-order valence-corrected chi connectivity index (χ4v) is 2.27. The minimum absolute atomic E-state index is 0.0657. The van der Waals surface area contributed by atoms with Crippen LogP contribution in [0.2, 0.25) is 0 Å². The molecule has 0 radical (unpaired) electrons. The van der Waals surface area contributed by atoms with Crippen LogP contribution in [0, 0.1) is 0 Å². The number of rotatable bonds is 3. The van der Waals surface area contributed by atoms with Crippen LogP contribution in [0.3, 0.4) is 0 Å². The molecule has 0 amide bonds. The van der Waals surface area contributed by atoms with Gasteiger partial charge in [-0.3, -0.25) is 9.20 Å². The second-order valence-corrected chi connectivity index (χ2v) is 5.03. The number of hydrogen-bond acceptors (Lipinski definition) is 3. The summed E-state index contributed by atoms with van der Waals surface area (Å²) < 4.78 is 79.4. The molecule has 0 N–H and O–H groups in total. The maximum absolute atomic E-state index is 13.7. The van der Waals surface area contributed by atoms with Crippen LogP contribution in [0.4, 0.5) is 26.3 Å². The van der Waals surface area contributed by atoms with Gasteiger partial charge < -0.3 is 0 Å². The number of halogens is 7. The molecule has 0 saturated carbocycles. The van der Waals surface area contributed by atoms with Gasteiger partial charge in [0.15, 0.2) is 4.96 Å². The number of alkyl halides is 7. The van der Waals surface area contributed by atoms with Gasteiger partial charge in [0.25, 0.3) is 5.56 Å². The van der Waals surface area contributed by atoms with Crippen LogP contribution >= 0.6 is 22.9 Å². The molecule has 110 valence electrons. The summed E-state index contributed by atoms with van der Waals surface area (Å²) in [5, 5.41) is -4.32. The number of thiazole rings is 1. The van der Waals surface area contributed by atoms with Crippen molar-refractivity contribution < 1.29 is 26.3 Å². The molecule has 2 heterocycles. The zero-order valence-electron chi connectivity index (χ0n) is 9.09. The van der Waals surface area contributed by atoms with Crippen molar-refractivity contribution in [2.45, 2.75) is 17.2 Å². The number of hydrogen-bond donors (Lipinski definition) is 0. The van der Waals surface area contributed by atoms with E-state index in [2.05, 4.69) is 16.6 Å². The van der Waals surface area contributed by atoms with Gasteiger partial charge in [0.2, 0.25) is 0 Å². The lowest BCUT2D eigenvalue weighted by atomic mass is 10.1. The second-order valence-electron chi connectivity index (χ2n) is 3.68. The summed E-state index contributed by atoms with van der Waals surface area (Å²) in [5.74, 6) is -11.3. The van der Waals surface area contributed by atoms with E-state index >= 15 is 0 Å². The molecule has 0 unspecified atom stereocenters. The molecule has 2 aromatic rings. The molecule has 2 aromatic heterocycles. The van der Waals surface area contributed by atoms with Gasteiger partial charge in [0.05, 0.1) is 0 Å². The van der Waals surface area contributed by atoms with Gasteiger partial charge in [-0.15, -0.1) is 11.3 Å². The lowest BCUT2D eigenvalue weighted by Gasteiger charge is -2.29. The van der Waals surface area contributed by atoms with E-state index in [0.29, 0.717) is 15.7 Å². The highest BCUT2D eigenvalue weighted by Gasteiger charge is 2.72. The molecule has 2 rings (SSSR count). The van der Waals surface area contributed by atoms with E-state index in [4.69, 9.17) is 0 Å². The number of fused-ring (bicyclic) bond motifs is 1. The van der Waals surface area contributed by atoms with Crippen molar-refractivity contribution in [1.82, 2.24) is 9.38 Å². The average Bonchev–Trinajstić information content (AvgIpc) is 2.73. The predicted octanol–water partition coefficient (Wildman–Crippen LogP) is 3.31. The molecule has 0 spiro atoms. The van der Waals surface area contributed by atoms with Crippen LogP contribution in [-0.4, -0.2) is 20.7 Å². The lowest BCUT2D eigenvalue weighted by Crippen LogP contribution is -2.50. The number of nitrogens with zero attached hydrogens (tertiary/aromatic N) is 2. The SMILES string of the molecule is O=c1cc(C(F)(F)C(F)(F)C(F)(F)Cl)n2ccsc2n1. The quantitative estimate of drug-likeness (QED) is 0.636. The first-order chi connectivity index (χ1) is 8.98. The largest absolute Gasteiger partial charge is 0.392 e. The lowest BCUT2D eigenvalue weighted by molar-refractivity contribution is -0.287. The highest BCUT2D eigenvalue weighted by molar-refractivity contribution is 7.15. The third-order valence-corrected chi connectivity index (χ3v) is 3.38. The van der Waals surface area contributed by atoms with Crippen molar-refractivity contribution in [2.75, 3.05) is 0 Å². The summed E-state index contributed by atoms with van der Waals surface area (Å²) in [7, 11) is 0. The third-order valence-electron chi connectivity index (χ3n) is 2.39. The van der Waals surface area contributed by atoms with Gasteiger partial charge in [-0.25, -0.2) is 0 Å². The third kappa shape index (κ3) is 2.06. The Labute approximate surface area is 115 Å². The molecule has 3 nitrogen and oxygen atoms in total. The summed E-state index contributed by atoms with van der Waals surface area (Å²) in [6.45, 7) is 0. The Morgan fingerprint density at radius 3 is 2.35 bits per heavy atom. The van der Waals surface area contributed by atoms with Crippen molar-refractivity contribution in [2.24, 2.45) is 0 Å². The minimum Gasteiger partial charge on any atom is -0.290 e. The molecule has 11 heteroatoms. The van der Waals surface area contributed by atoms with Crippen molar-refractivity contribution in [3.8, 4) is 0 Å². The highest BCUT2D eigenvalue weighted by Crippen LogP contribution is 2.52. The van der Waals surface area contributed by atoms with Crippen LogP contribution in [0.1, 0.15) is 5.69 Å². The maximum Gasteiger partial charge on any atom is 0.392 e. The second kappa shape index (κ2) is 4.35. The van der Waals surface area contributed by atoms with Crippen molar-refractivity contribution in [1.29, 1.82) is 0 Å². The Morgan fingerprint density at radius 1 is 1.20 bits per heavy atom. The van der Waals surface area contributed by atoms with Crippen LogP contribution in [0.25, 0.3) is 4.96 Å². The van der Waals surface area contributed by atoms with Crippen molar-refractivity contribution in [3.05, 3.63) is 33.7 Å². The normalized spacial score (nSPS) is 13.9. The minimum atomic E-state index is -5.89. The number of aromatic nitrogens is 2. The Bertz CT molecular complexity index is 706. The Balaban J connectivity index is 2.75. The van der Waals surface area contributed by atoms with Crippen LogP contribution in [0.5, 0.6) is 0 Å². The zero-order chi connectivity index (χ0) is 15.3. The van der Waals surface area contributed by atoms with E-state index in [1.54, 1.807) is 0 Å². The van der Waals surface area contributed by atoms with Crippen LogP contribution < -0.4 is 5.56 Å². The van der Waals surface area contributed by atoms with Crippen LogP contribution in [-0.2, 0) is 5.92 Å². The molecule has 0 bridgehead atoms. The molecule has 20 heavy (non-hydrogen) atoms. The molecule has 0 aliphatic heterocycles. The summed E-state index contributed by atoms with van der Waals surface area (Å²) >= 11 is 4.76. The predicted molar refractivity (Wildman–Crippen MR) is 59.0 cm³/mol. The van der Waals surface area contributed by atoms with Crippen molar-refractivity contribution in [3.63, 3.8) is 0 Å². The maximum atomic E-state index is 13.7. The monoisotopic (exact) mass is 336 g/mol. The molecule has 0 fully saturated rings. The van der Waals surface area contributed by atoms with Crippen molar-refractivity contribution >= 4 is 27.9 Å². The molecule has 0 atom stereocenters. The highest BCUT2D eigenvalue weighted by atomic mass is 35.5. The zero-order valence-corrected chi connectivity index (χ0v) is 10.7. The van der Waals surface area contributed by atoms with E-state index < -0.39 is 28.5 Å². The first-order valence-corrected chi connectivity index (χ1v) is 6.04. The van der Waals surface area contributed by atoms with Gasteiger partial charge in [0.1, 0.15) is 5.69 Å². The topological polar surface area (TPSA) is 34.4 Å². The Morgan fingerprint density at radius 2 is 1.80 bits per heavy atom. The molecule has 0 aliphatic carbocycles. The fraction of sp³-hybridized carbons (Fsp3) is 0.333. The Kier molecular flexibility index (Phi) is 3.29. The van der Waals surface area contributed by atoms with Gasteiger partial charge in [-0.05, 0) is 11.6 Å². The smallest absolute Gasteiger partial charge is 0.290 e.